The molecule has 0 aliphatic heterocycles. The minimum absolute atomic E-state index is 0.0902. The molecule has 0 amide bonds. The molecule has 0 unspecified atom stereocenters. The van der Waals surface area contributed by atoms with Gasteiger partial charge in [-0.2, -0.15) is 0 Å². The average Bonchev–Trinajstić information content (AvgIpc) is 3.31. The standard InChI is InChI=1S/C24H16BrClN2O3S/c1-30-20-10-15(17(25)12-21(20)31-13-14-6-8-16(26)9-7-14)11-22-23(29)28-19-5-3-2-4-18(19)27-24(28)32-22/h2-12H,13H2,1H3/b22-11-. The molecule has 5 nitrogen and oxygen atoms in total. The number of halogens is 2. The maximum absolute atomic E-state index is 13.0. The fourth-order valence-electron chi connectivity index (χ4n) is 3.43. The summed E-state index contributed by atoms with van der Waals surface area (Å²) in [6.45, 7) is 0.378. The number of thiazole rings is 1. The Morgan fingerprint density at radius 1 is 1.12 bits per heavy atom. The van der Waals surface area contributed by atoms with Crippen molar-refractivity contribution in [1.29, 1.82) is 0 Å². The van der Waals surface area contributed by atoms with Crippen LogP contribution in [0.4, 0.5) is 0 Å². The topological polar surface area (TPSA) is 52.8 Å². The molecule has 5 aromatic rings. The molecule has 2 aromatic heterocycles. The first-order valence-electron chi connectivity index (χ1n) is 9.70. The normalized spacial score (nSPS) is 12.0. The van der Waals surface area contributed by atoms with Crippen molar-refractivity contribution < 1.29 is 9.47 Å². The van der Waals surface area contributed by atoms with Crippen molar-refractivity contribution in [3.05, 3.63) is 96.2 Å². The van der Waals surface area contributed by atoms with Crippen LogP contribution < -0.4 is 19.6 Å². The lowest BCUT2D eigenvalue weighted by Crippen LogP contribution is -2.22. The molecule has 0 atom stereocenters. The number of para-hydroxylation sites is 2. The van der Waals surface area contributed by atoms with E-state index < -0.39 is 0 Å². The molecule has 5 rings (SSSR count). The van der Waals surface area contributed by atoms with Gasteiger partial charge in [-0.1, -0.05) is 63.1 Å². The molecule has 0 N–H and O–H groups in total. The van der Waals surface area contributed by atoms with Gasteiger partial charge in [0.2, 0.25) is 0 Å². The Labute approximate surface area is 200 Å². The summed E-state index contributed by atoms with van der Waals surface area (Å²) in [7, 11) is 1.59. The number of nitrogens with zero attached hydrogens (tertiary/aromatic N) is 2. The van der Waals surface area contributed by atoms with Gasteiger partial charge in [-0.15, -0.1) is 0 Å². The van der Waals surface area contributed by atoms with Gasteiger partial charge in [0.05, 0.1) is 22.7 Å². The predicted octanol–water partition coefficient (Wildman–Crippen LogP) is 5.46. The van der Waals surface area contributed by atoms with Crippen molar-refractivity contribution in [3.8, 4) is 11.5 Å². The third-order valence-corrected chi connectivity index (χ3v) is 6.93. The van der Waals surface area contributed by atoms with Gasteiger partial charge >= 0.3 is 0 Å². The summed E-state index contributed by atoms with van der Waals surface area (Å²) in [6, 6.07) is 18.8. The SMILES string of the molecule is COc1cc(/C=c2\sc3nc4ccccc4n3c2=O)c(Br)cc1OCc1ccc(Cl)cc1. The molecule has 0 saturated heterocycles. The van der Waals surface area contributed by atoms with Gasteiger partial charge in [-0.25, -0.2) is 9.38 Å². The Balaban J connectivity index is 1.51. The molecule has 32 heavy (non-hydrogen) atoms. The molecule has 0 saturated carbocycles. The predicted molar refractivity (Wildman–Crippen MR) is 132 cm³/mol. The van der Waals surface area contributed by atoms with Crippen LogP contribution in [-0.4, -0.2) is 16.5 Å². The maximum atomic E-state index is 13.0. The fourth-order valence-corrected chi connectivity index (χ4v) is 4.97. The smallest absolute Gasteiger partial charge is 0.274 e. The van der Waals surface area contributed by atoms with E-state index in [-0.39, 0.29) is 5.56 Å². The minimum atomic E-state index is -0.0902. The highest BCUT2D eigenvalue weighted by Crippen LogP contribution is 2.34. The van der Waals surface area contributed by atoms with Crippen LogP contribution >= 0.6 is 38.9 Å². The summed E-state index contributed by atoms with van der Waals surface area (Å²) in [5.41, 5.74) is 3.34. The summed E-state index contributed by atoms with van der Waals surface area (Å²) >= 11 is 10.9. The monoisotopic (exact) mass is 526 g/mol. The average molecular weight is 528 g/mol. The van der Waals surface area contributed by atoms with E-state index >= 15 is 0 Å². The first-order chi connectivity index (χ1) is 15.5. The molecule has 2 heterocycles. The van der Waals surface area contributed by atoms with Crippen LogP contribution in [0.15, 0.2) is 69.9 Å². The minimum Gasteiger partial charge on any atom is -0.493 e. The van der Waals surface area contributed by atoms with Gasteiger partial charge in [0.15, 0.2) is 16.5 Å². The second-order valence-corrected chi connectivity index (χ2v) is 9.37. The van der Waals surface area contributed by atoms with Crippen molar-refractivity contribution in [3.63, 3.8) is 0 Å². The molecule has 0 aliphatic rings. The Morgan fingerprint density at radius 2 is 1.91 bits per heavy atom. The number of imidazole rings is 1. The first-order valence-corrected chi connectivity index (χ1v) is 11.7. The summed E-state index contributed by atoms with van der Waals surface area (Å²) in [4.78, 5) is 18.3. The van der Waals surface area contributed by atoms with Crippen molar-refractivity contribution in [2.24, 2.45) is 0 Å². The zero-order valence-corrected chi connectivity index (χ0v) is 20.0. The summed E-state index contributed by atoms with van der Waals surface area (Å²) in [5.74, 6) is 1.17. The second kappa shape index (κ2) is 8.58. The molecule has 160 valence electrons. The van der Waals surface area contributed by atoms with Gasteiger partial charge in [0, 0.05) is 9.50 Å². The number of hydrogen-bond donors (Lipinski definition) is 0. The van der Waals surface area contributed by atoms with E-state index in [9.17, 15) is 4.79 Å². The Hall–Kier alpha value is -2.87. The van der Waals surface area contributed by atoms with Gasteiger partial charge in [0.25, 0.3) is 5.56 Å². The van der Waals surface area contributed by atoms with Crippen LogP contribution in [0.1, 0.15) is 11.1 Å². The van der Waals surface area contributed by atoms with Crippen LogP contribution in [0.3, 0.4) is 0 Å². The van der Waals surface area contributed by atoms with E-state index in [0.717, 1.165) is 26.6 Å². The zero-order valence-electron chi connectivity index (χ0n) is 16.8. The quantitative estimate of drug-likeness (QED) is 0.305. The molecular formula is C24H16BrClN2O3S. The highest BCUT2D eigenvalue weighted by molar-refractivity contribution is 9.10. The van der Waals surface area contributed by atoms with E-state index in [1.807, 2.05) is 66.7 Å². The Morgan fingerprint density at radius 3 is 2.69 bits per heavy atom. The summed E-state index contributed by atoms with van der Waals surface area (Å²) < 4.78 is 14.5. The number of aromatic nitrogens is 2. The first kappa shape index (κ1) is 21.0. The molecule has 0 bridgehead atoms. The van der Waals surface area contributed by atoms with E-state index in [4.69, 9.17) is 21.1 Å². The number of rotatable bonds is 5. The molecule has 0 spiro atoms. The van der Waals surface area contributed by atoms with Gasteiger partial charge in [-0.3, -0.25) is 4.79 Å². The number of hydrogen-bond acceptors (Lipinski definition) is 5. The van der Waals surface area contributed by atoms with Crippen LogP contribution in [0.5, 0.6) is 11.5 Å². The number of fused-ring (bicyclic) bond motifs is 3. The largest absolute Gasteiger partial charge is 0.493 e. The van der Waals surface area contributed by atoms with Gasteiger partial charge < -0.3 is 9.47 Å². The third kappa shape index (κ3) is 3.88. The number of methoxy groups -OCH3 is 1. The maximum Gasteiger partial charge on any atom is 0.274 e. The summed E-state index contributed by atoms with van der Waals surface area (Å²) in [5, 5.41) is 0.681. The Kier molecular flexibility index (Phi) is 5.63. The molecule has 0 aliphatic carbocycles. The second-order valence-electron chi connectivity index (χ2n) is 7.07. The molecule has 8 heteroatoms. The molecule has 0 fully saturated rings. The van der Waals surface area contributed by atoms with Gasteiger partial charge in [0.1, 0.15) is 6.61 Å². The van der Waals surface area contributed by atoms with Crippen LogP contribution in [0, 0.1) is 0 Å². The van der Waals surface area contributed by atoms with E-state index in [1.165, 1.54) is 11.3 Å². The highest BCUT2D eigenvalue weighted by Gasteiger charge is 2.13. The van der Waals surface area contributed by atoms with Crippen LogP contribution in [0.25, 0.3) is 22.1 Å². The Bertz CT molecular complexity index is 1560. The number of benzene rings is 3. The number of ether oxygens (including phenoxy) is 2. The molecule has 3 aromatic carbocycles. The zero-order chi connectivity index (χ0) is 22.2. The van der Waals surface area contributed by atoms with Crippen LogP contribution in [0.2, 0.25) is 5.02 Å². The van der Waals surface area contributed by atoms with Crippen molar-refractivity contribution in [2.45, 2.75) is 6.61 Å². The van der Waals surface area contributed by atoms with E-state index in [1.54, 1.807) is 11.5 Å². The lowest BCUT2D eigenvalue weighted by Gasteiger charge is -2.13. The third-order valence-electron chi connectivity index (χ3n) is 5.02. The van der Waals surface area contributed by atoms with Crippen LogP contribution in [-0.2, 0) is 6.61 Å². The van der Waals surface area contributed by atoms with Crippen molar-refractivity contribution >= 4 is 60.9 Å². The highest BCUT2D eigenvalue weighted by atomic mass is 79.9. The van der Waals surface area contributed by atoms with Gasteiger partial charge in [-0.05, 0) is 53.6 Å². The van der Waals surface area contributed by atoms with E-state index in [0.29, 0.717) is 32.6 Å². The lowest BCUT2D eigenvalue weighted by molar-refractivity contribution is 0.284. The van der Waals surface area contributed by atoms with E-state index in [2.05, 4.69) is 20.9 Å². The molecular weight excluding hydrogens is 512 g/mol. The lowest BCUT2D eigenvalue weighted by atomic mass is 10.2. The summed E-state index contributed by atoms with van der Waals surface area (Å²) in [6.07, 6.45) is 1.84. The van der Waals surface area contributed by atoms with Crippen molar-refractivity contribution in [2.75, 3.05) is 7.11 Å². The molecule has 0 radical (unpaired) electrons. The fraction of sp³-hybridized carbons (Fsp3) is 0.0833. The van der Waals surface area contributed by atoms with Crippen molar-refractivity contribution in [1.82, 2.24) is 9.38 Å².